The predicted octanol–water partition coefficient (Wildman–Crippen LogP) is 1.91. The fourth-order valence-corrected chi connectivity index (χ4v) is 3.95. The number of methoxy groups -OCH3 is 1. The summed E-state index contributed by atoms with van der Waals surface area (Å²) in [4.78, 5) is 27.4. The molecule has 0 spiro atoms. The Hall–Kier alpha value is -1.56. The van der Waals surface area contributed by atoms with E-state index in [9.17, 15) is 9.59 Å². The summed E-state index contributed by atoms with van der Waals surface area (Å²) < 4.78 is 4.73. The SMILES string of the molecule is COC(=O)[C@H](CSCC1CCCc2cccnc21)NC(C)=O. The third kappa shape index (κ3) is 4.47. The topological polar surface area (TPSA) is 68.3 Å². The van der Waals surface area contributed by atoms with Crippen molar-refractivity contribution in [2.75, 3.05) is 18.6 Å². The van der Waals surface area contributed by atoms with Crippen molar-refractivity contribution in [1.29, 1.82) is 0 Å². The molecule has 2 atom stereocenters. The average Bonchev–Trinajstić information content (AvgIpc) is 2.53. The van der Waals surface area contributed by atoms with E-state index in [2.05, 4.69) is 16.4 Å². The quantitative estimate of drug-likeness (QED) is 0.810. The number of nitrogens with zero attached hydrogens (tertiary/aromatic N) is 1. The number of carbonyl (C=O) groups excluding carboxylic acids is 2. The molecule has 1 aromatic rings. The Labute approximate surface area is 135 Å². The Morgan fingerprint density at radius 1 is 1.55 bits per heavy atom. The number of hydrogen-bond donors (Lipinski definition) is 1. The zero-order valence-corrected chi connectivity index (χ0v) is 13.8. The van der Waals surface area contributed by atoms with Crippen molar-refractivity contribution in [3.8, 4) is 0 Å². The minimum atomic E-state index is -0.584. The highest BCUT2D eigenvalue weighted by Gasteiger charge is 2.24. The summed E-state index contributed by atoms with van der Waals surface area (Å²) in [6, 6.07) is 3.55. The molecule has 1 unspecified atom stereocenters. The van der Waals surface area contributed by atoms with Crippen molar-refractivity contribution in [3.05, 3.63) is 29.6 Å². The van der Waals surface area contributed by atoms with Crippen molar-refractivity contribution >= 4 is 23.6 Å². The van der Waals surface area contributed by atoms with Crippen molar-refractivity contribution < 1.29 is 14.3 Å². The van der Waals surface area contributed by atoms with Crippen LogP contribution >= 0.6 is 11.8 Å². The third-order valence-corrected chi connectivity index (χ3v) is 4.99. The Kier molecular flexibility index (Phi) is 6.24. The number of thioether (sulfide) groups is 1. The number of pyridine rings is 1. The first-order valence-electron chi connectivity index (χ1n) is 7.48. The van der Waals surface area contributed by atoms with Gasteiger partial charge in [-0.2, -0.15) is 11.8 Å². The minimum absolute atomic E-state index is 0.222. The number of aryl methyl sites for hydroxylation is 1. The van der Waals surface area contributed by atoms with E-state index in [0.717, 1.165) is 18.6 Å². The number of amides is 1. The maximum absolute atomic E-state index is 11.7. The van der Waals surface area contributed by atoms with Crippen molar-refractivity contribution in [1.82, 2.24) is 10.3 Å². The van der Waals surface area contributed by atoms with Crippen molar-refractivity contribution in [2.45, 2.75) is 38.1 Å². The number of ether oxygens (including phenoxy) is 1. The predicted molar refractivity (Wildman–Crippen MR) is 86.9 cm³/mol. The summed E-state index contributed by atoms with van der Waals surface area (Å²) in [5.74, 6) is 1.22. The van der Waals surface area contributed by atoms with Gasteiger partial charge in [0.05, 0.1) is 7.11 Å². The molecule has 0 saturated heterocycles. The molecule has 1 N–H and O–H groups in total. The van der Waals surface area contributed by atoms with Crippen LogP contribution in [0.2, 0.25) is 0 Å². The van der Waals surface area contributed by atoms with Gasteiger partial charge in [0.1, 0.15) is 6.04 Å². The molecular weight excluding hydrogens is 300 g/mol. The maximum atomic E-state index is 11.7. The molecule has 0 fully saturated rings. The summed E-state index contributed by atoms with van der Waals surface area (Å²) >= 11 is 1.66. The summed E-state index contributed by atoms with van der Waals surface area (Å²) in [5, 5.41) is 2.64. The Morgan fingerprint density at radius 2 is 2.36 bits per heavy atom. The van der Waals surface area contributed by atoms with Crippen molar-refractivity contribution in [2.24, 2.45) is 0 Å². The zero-order chi connectivity index (χ0) is 15.9. The second-order valence-electron chi connectivity index (χ2n) is 5.45. The number of carbonyl (C=O) groups is 2. The fourth-order valence-electron chi connectivity index (χ4n) is 2.75. The summed E-state index contributed by atoms with van der Waals surface area (Å²) in [6.07, 6.45) is 5.24. The molecule has 0 aliphatic heterocycles. The van der Waals surface area contributed by atoms with Crippen LogP contribution in [0.5, 0.6) is 0 Å². The number of aromatic nitrogens is 1. The number of rotatable bonds is 6. The number of fused-ring (bicyclic) bond motifs is 1. The van der Waals surface area contributed by atoms with Gasteiger partial charge in [0.15, 0.2) is 0 Å². The number of nitrogens with one attached hydrogen (secondary N) is 1. The van der Waals surface area contributed by atoms with Crippen LogP contribution in [0, 0.1) is 0 Å². The van der Waals surface area contributed by atoms with E-state index in [1.54, 1.807) is 11.8 Å². The molecule has 1 aliphatic rings. The van der Waals surface area contributed by atoms with Crippen molar-refractivity contribution in [3.63, 3.8) is 0 Å². The Balaban J connectivity index is 1.90. The first-order valence-corrected chi connectivity index (χ1v) is 8.63. The molecule has 0 saturated carbocycles. The lowest BCUT2D eigenvalue weighted by Crippen LogP contribution is -2.42. The van der Waals surface area contributed by atoms with E-state index in [-0.39, 0.29) is 5.91 Å². The van der Waals surface area contributed by atoms with E-state index < -0.39 is 12.0 Å². The second kappa shape index (κ2) is 8.17. The normalized spacial score (nSPS) is 18.2. The van der Waals surface area contributed by atoms with Gasteiger partial charge in [-0.3, -0.25) is 9.78 Å². The van der Waals surface area contributed by atoms with Crippen LogP contribution in [0.4, 0.5) is 0 Å². The van der Waals surface area contributed by atoms with Crippen LogP contribution in [-0.4, -0.2) is 41.5 Å². The number of hydrogen-bond acceptors (Lipinski definition) is 5. The minimum Gasteiger partial charge on any atom is -0.467 e. The monoisotopic (exact) mass is 322 g/mol. The molecule has 1 aromatic heterocycles. The highest BCUT2D eigenvalue weighted by Crippen LogP contribution is 2.32. The maximum Gasteiger partial charge on any atom is 0.329 e. The molecule has 0 bridgehead atoms. The Morgan fingerprint density at radius 3 is 3.09 bits per heavy atom. The van der Waals surface area contributed by atoms with Gasteiger partial charge in [0.25, 0.3) is 0 Å². The van der Waals surface area contributed by atoms with Gasteiger partial charge in [-0.15, -0.1) is 0 Å². The standard InChI is InChI=1S/C16H22N2O3S/c1-11(19)18-14(16(20)21-2)10-22-9-13-6-3-5-12-7-4-8-17-15(12)13/h4,7-8,13-14H,3,5-6,9-10H2,1-2H3,(H,18,19)/t13?,14-/m0/s1. The molecule has 5 nitrogen and oxygen atoms in total. The van der Waals surface area contributed by atoms with Gasteiger partial charge >= 0.3 is 5.97 Å². The first kappa shape index (κ1) is 16.8. The fraction of sp³-hybridized carbons (Fsp3) is 0.562. The van der Waals surface area contributed by atoms with Gasteiger partial charge in [0, 0.05) is 36.2 Å². The van der Waals surface area contributed by atoms with Crippen LogP contribution in [0.3, 0.4) is 0 Å². The largest absolute Gasteiger partial charge is 0.467 e. The molecular formula is C16H22N2O3S. The Bertz CT molecular complexity index is 536. The van der Waals surface area contributed by atoms with Crippen LogP contribution in [0.25, 0.3) is 0 Å². The van der Waals surface area contributed by atoms with E-state index in [1.165, 1.54) is 31.7 Å². The summed E-state index contributed by atoms with van der Waals surface area (Å²) in [5.41, 5.74) is 2.53. The lowest BCUT2D eigenvalue weighted by molar-refractivity contribution is -0.144. The number of esters is 1. The smallest absolute Gasteiger partial charge is 0.329 e. The van der Waals surface area contributed by atoms with E-state index in [0.29, 0.717) is 11.7 Å². The van der Waals surface area contributed by atoms with Crippen LogP contribution < -0.4 is 5.32 Å². The molecule has 120 valence electrons. The van der Waals surface area contributed by atoms with Gasteiger partial charge in [0.2, 0.25) is 5.91 Å². The molecule has 6 heteroatoms. The highest BCUT2D eigenvalue weighted by atomic mass is 32.2. The van der Waals surface area contributed by atoms with Gasteiger partial charge in [-0.25, -0.2) is 4.79 Å². The van der Waals surface area contributed by atoms with Gasteiger partial charge in [-0.05, 0) is 30.9 Å². The zero-order valence-electron chi connectivity index (χ0n) is 13.0. The summed E-state index contributed by atoms with van der Waals surface area (Å²) in [6.45, 7) is 1.40. The second-order valence-corrected chi connectivity index (χ2v) is 6.53. The third-order valence-electron chi connectivity index (χ3n) is 3.78. The molecule has 1 amide bonds. The highest BCUT2D eigenvalue weighted by molar-refractivity contribution is 7.99. The molecule has 0 radical (unpaired) electrons. The van der Waals surface area contributed by atoms with Crippen LogP contribution in [0.15, 0.2) is 18.3 Å². The van der Waals surface area contributed by atoms with Crippen LogP contribution in [-0.2, 0) is 20.7 Å². The molecule has 22 heavy (non-hydrogen) atoms. The van der Waals surface area contributed by atoms with Gasteiger partial charge in [-0.1, -0.05) is 6.07 Å². The van der Waals surface area contributed by atoms with E-state index in [1.807, 2.05) is 12.3 Å². The average molecular weight is 322 g/mol. The van der Waals surface area contributed by atoms with Crippen LogP contribution in [0.1, 0.15) is 36.9 Å². The van der Waals surface area contributed by atoms with E-state index in [4.69, 9.17) is 4.74 Å². The lowest BCUT2D eigenvalue weighted by atomic mass is 9.88. The molecule has 2 rings (SSSR count). The molecule has 1 aliphatic carbocycles. The summed E-state index contributed by atoms with van der Waals surface area (Å²) in [7, 11) is 1.34. The molecule has 0 aromatic carbocycles. The lowest BCUT2D eigenvalue weighted by Gasteiger charge is -2.24. The van der Waals surface area contributed by atoms with Gasteiger partial charge < -0.3 is 10.1 Å². The van der Waals surface area contributed by atoms with E-state index >= 15 is 0 Å². The first-order chi connectivity index (χ1) is 10.6. The molecule has 1 heterocycles.